The molecule has 1 N–H and O–H groups in total. The van der Waals surface area contributed by atoms with Crippen molar-refractivity contribution in [2.24, 2.45) is 0 Å². The minimum absolute atomic E-state index is 0.423. The minimum Gasteiger partial charge on any atom is -0.385 e. The lowest BCUT2D eigenvalue weighted by molar-refractivity contribution is -0.137. The van der Waals surface area contributed by atoms with Crippen molar-refractivity contribution >= 4 is 0 Å². The number of hydrogen-bond acceptors (Lipinski definition) is 2. The lowest BCUT2D eigenvalue weighted by Gasteiger charge is -2.12. The van der Waals surface area contributed by atoms with Gasteiger partial charge < -0.3 is 14.6 Å². The van der Waals surface area contributed by atoms with Crippen LogP contribution in [0, 0.1) is 0 Å². The zero-order valence-electron chi connectivity index (χ0n) is 13.1. The summed E-state index contributed by atoms with van der Waals surface area (Å²) in [6.07, 6.45) is -1.50. The topological polar surface area (TPSA) is 26.2 Å². The highest BCUT2D eigenvalue weighted by atomic mass is 19.4. The van der Waals surface area contributed by atoms with E-state index in [0.29, 0.717) is 25.3 Å². The van der Waals surface area contributed by atoms with E-state index in [1.54, 1.807) is 13.2 Å². The Morgan fingerprint density at radius 3 is 2.74 bits per heavy atom. The molecule has 2 rings (SSSR count). The molecule has 0 unspecified atom stereocenters. The van der Waals surface area contributed by atoms with Crippen LogP contribution < -0.4 is 5.32 Å². The maximum atomic E-state index is 12.8. The van der Waals surface area contributed by atoms with Gasteiger partial charge in [-0.3, -0.25) is 0 Å². The molecule has 1 aromatic heterocycles. The Labute approximate surface area is 134 Å². The highest BCUT2D eigenvalue weighted by molar-refractivity contribution is 5.26. The van der Waals surface area contributed by atoms with Gasteiger partial charge in [-0.2, -0.15) is 13.2 Å². The molecular weight excluding hydrogens is 305 g/mol. The third-order valence-corrected chi connectivity index (χ3v) is 3.54. The molecule has 126 valence electrons. The van der Waals surface area contributed by atoms with E-state index in [-0.39, 0.29) is 0 Å². The Morgan fingerprint density at radius 2 is 2.00 bits per heavy atom. The summed E-state index contributed by atoms with van der Waals surface area (Å²) in [6, 6.07) is 9.33. The average molecular weight is 326 g/mol. The molecule has 2 aromatic rings. The predicted molar refractivity (Wildman–Crippen MR) is 83.2 cm³/mol. The Bertz CT molecular complexity index is 608. The van der Waals surface area contributed by atoms with E-state index in [1.807, 2.05) is 22.9 Å². The fourth-order valence-corrected chi connectivity index (χ4v) is 2.36. The second-order valence-electron chi connectivity index (χ2n) is 5.35. The maximum absolute atomic E-state index is 12.8. The number of aromatic nitrogens is 1. The zero-order valence-corrected chi connectivity index (χ0v) is 13.1. The Balaban J connectivity index is 1.97. The van der Waals surface area contributed by atoms with Crippen molar-refractivity contribution in [1.29, 1.82) is 0 Å². The number of nitrogens with zero attached hydrogens (tertiary/aromatic N) is 1. The van der Waals surface area contributed by atoms with Gasteiger partial charge in [-0.25, -0.2) is 0 Å². The number of ether oxygens (including phenoxy) is 1. The lowest BCUT2D eigenvalue weighted by Crippen LogP contribution is -2.18. The van der Waals surface area contributed by atoms with Gasteiger partial charge in [0.05, 0.1) is 5.56 Å². The van der Waals surface area contributed by atoms with Crippen LogP contribution >= 0.6 is 0 Å². The van der Waals surface area contributed by atoms with Gasteiger partial charge in [0, 0.05) is 38.7 Å². The number of hydrogen-bond donors (Lipinski definition) is 1. The molecule has 0 atom stereocenters. The largest absolute Gasteiger partial charge is 0.416 e. The lowest BCUT2D eigenvalue weighted by atomic mass is 10.1. The number of alkyl halides is 3. The fraction of sp³-hybridized carbons (Fsp3) is 0.412. The first kappa shape index (κ1) is 17.6. The second kappa shape index (κ2) is 8.17. The monoisotopic (exact) mass is 326 g/mol. The zero-order chi connectivity index (χ0) is 16.7. The van der Waals surface area contributed by atoms with Crippen molar-refractivity contribution in [1.82, 2.24) is 9.88 Å². The minimum atomic E-state index is -4.31. The highest BCUT2D eigenvalue weighted by Gasteiger charge is 2.30. The maximum Gasteiger partial charge on any atom is 0.416 e. The SMILES string of the molecule is COCCCNCc1cccn1Cc1cccc(C(F)(F)F)c1. The number of benzene rings is 1. The average Bonchev–Trinajstić information content (AvgIpc) is 2.94. The smallest absolute Gasteiger partial charge is 0.385 e. The molecular formula is C17H21F3N2O. The predicted octanol–water partition coefficient (Wildman–Crippen LogP) is 3.68. The van der Waals surface area contributed by atoms with Crippen molar-refractivity contribution in [3.8, 4) is 0 Å². The molecule has 0 bridgehead atoms. The van der Waals surface area contributed by atoms with Crippen LogP contribution in [-0.4, -0.2) is 24.8 Å². The molecule has 3 nitrogen and oxygen atoms in total. The summed E-state index contributed by atoms with van der Waals surface area (Å²) in [7, 11) is 1.67. The number of nitrogens with one attached hydrogen (secondary N) is 1. The van der Waals surface area contributed by atoms with Gasteiger partial charge >= 0.3 is 6.18 Å². The van der Waals surface area contributed by atoms with Crippen LogP contribution in [0.1, 0.15) is 23.2 Å². The quantitative estimate of drug-likeness (QED) is 0.749. The molecule has 0 aliphatic carbocycles. The van der Waals surface area contributed by atoms with Gasteiger partial charge in [0.15, 0.2) is 0 Å². The fourth-order valence-electron chi connectivity index (χ4n) is 2.36. The summed E-state index contributed by atoms with van der Waals surface area (Å²) >= 11 is 0. The molecule has 0 fully saturated rings. The van der Waals surface area contributed by atoms with Crippen molar-refractivity contribution in [3.05, 3.63) is 59.4 Å². The van der Waals surface area contributed by atoms with Gasteiger partial charge in [-0.05, 0) is 42.8 Å². The van der Waals surface area contributed by atoms with Crippen molar-refractivity contribution in [3.63, 3.8) is 0 Å². The standard InChI is InChI=1S/C17H21F3N2O/c1-23-10-4-8-21-12-16-7-3-9-22(16)13-14-5-2-6-15(11-14)17(18,19)20/h2-3,5-7,9,11,21H,4,8,10,12-13H2,1H3. The van der Waals surface area contributed by atoms with Crippen LogP contribution in [0.3, 0.4) is 0 Å². The molecule has 0 amide bonds. The van der Waals surface area contributed by atoms with Crippen LogP contribution in [0.2, 0.25) is 0 Å². The molecule has 0 radical (unpaired) electrons. The second-order valence-corrected chi connectivity index (χ2v) is 5.35. The number of halogens is 3. The molecule has 6 heteroatoms. The van der Waals surface area contributed by atoms with E-state index in [1.165, 1.54) is 12.1 Å². The highest BCUT2D eigenvalue weighted by Crippen LogP contribution is 2.29. The van der Waals surface area contributed by atoms with Crippen LogP contribution in [0.4, 0.5) is 13.2 Å². The first-order chi connectivity index (χ1) is 11.0. The van der Waals surface area contributed by atoms with E-state index in [9.17, 15) is 13.2 Å². The third-order valence-electron chi connectivity index (χ3n) is 3.54. The van der Waals surface area contributed by atoms with Crippen molar-refractivity contribution in [2.45, 2.75) is 25.7 Å². The molecule has 0 saturated carbocycles. The Morgan fingerprint density at radius 1 is 1.17 bits per heavy atom. The van der Waals surface area contributed by atoms with Gasteiger partial charge in [-0.15, -0.1) is 0 Å². The van der Waals surface area contributed by atoms with E-state index < -0.39 is 11.7 Å². The molecule has 0 spiro atoms. The van der Waals surface area contributed by atoms with E-state index in [0.717, 1.165) is 24.7 Å². The summed E-state index contributed by atoms with van der Waals surface area (Å²) in [5.41, 5.74) is 1.07. The van der Waals surface area contributed by atoms with Gasteiger partial charge in [-0.1, -0.05) is 12.1 Å². The summed E-state index contributed by atoms with van der Waals surface area (Å²) in [5, 5.41) is 3.30. The summed E-state index contributed by atoms with van der Waals surface area (Å²) in [6.45, 7) is 2.64. The molecule has 1 aromatic carbocycles. The normalized spacial score (nSPS) is 11.8. The van der Waals surface area contributed by atoms with Crippen LogP contribution in [-0.2, 0) is 24.0 Å². The summed E-state index contributed by atoms with van der Waals surface area (Å²) in [5.74, 6) is 0. The van der Waals surface area contributed by atoms with E-state index >= 15 is 0 Å². The molecule has 0 aliphatic heterocycles. The van der Waals surface area contributed by atoms with Crippen molar-refractivity contribution < 1.29 is 17.9 Å². The van der Waals surface area contributed by atoms with Gasteiger partial charge in [0.25, 0.3) is 0 Å². The molecule has 1 heterocycles. The Kier molecular flexibility index (Phi) is 6.24. The third kappa shape index (κ3) is 5.41. The summed E-state index contributed by atoms with van der Waals surface area (Å²) in [4.78, 5) is 0. The van der Waals surface area contributed by atoms with Crippen molar-refractivity contribution in [2.75, 3.05) is 20.3 Å². The Hall–Kier alpha value is -1.79. The van der Waals surface area contributed by atoms with E-state index in [4.69, 9.17) is 4.74 Å². The van der Waals surface area contributed by atoms with Crippen LogP contribution in [0.15, 0.2) is 42.6 Å². The molecule has 0 aliphatic rings. The van der Waals surface area contributed by atoms with Gasteiger partial charge in [0.1, 0.15) is 0 Å². The number of rotatable bonds is 8. The van der Waals surface area contributed by atoms with Crippen LogP contribution in [0.5, 0.6) is 0 Å². The first-order valence-electron chi connectivity index (χ1n) is 7.50. The number of methoxy groups -OCH3 is 1. The van der Waals surface area contributed by atoms with Gasteiger partial charge in [0.2, 0.25) is 0 Å². The first-order valence-corrected chi connectivity index (χ1v) is 7.50. The van der Waals surface area contributed by atoms with Crippen LogP contribution in [0.25, 0.3) is 0 Å². The molecule has 23 heavy (non-hydrogen) atoms. The van der Waals surface area contributed by atoms with E-state index in [2.05, 4.69) is 5.32 Å². The summed E-state index contributed by atoms with van der Waals surface area (Å²) < 4.78 is 45.2. The molecule has 0 saturated heterocycles.